The maximum Gasteiger partial charge on any atom is 0.0790 e. The fraction of sp³-hybridized carbons (Fsp3) is 0.333. The minimum Gasteiger partial charge on any atom is -0.163 e. The average Bonchev–Trinajstić information content (AvgIpc) is 2.61. The van der Waals surface area contributed by atoms with E-state index in [1.807, 2.05) is 6.21 Å². The molecule has 0 saturated heterocycles. The van der Waals surface area contributed by atoms with Gasteiger partial charge < -0.3 is 0 Å². The van der Waals surface area contributed by atoms with Gasteiger partial charge in [-0.25, -0.2) is 0 Å². The van der Waals surface area contributed by atoms with Crippen LogP contribution in [-0.2, 0) is 6.42 Å². The molecule has 0 spiro atoms. The fourth-order valence-electron chi connectivity index (χ4n) is 2.29. The molecule has 0 radical (unpaired) electrons. The van der Waals surface area contributed by atoms with E-state index in [1.165, 1.54) is 36.1 Å². The molecular formula is C12H12N2. The highest BCUT2D eigenvalue weighted by molar-refractivity contribution is 6.12. The topological polar surface area (TPSA) is 24.7 Å². The fourth-order valence-corrected chi connectivity index (χ4v) is 2.29. The van der Waals surface area contributed by atoms with E-state index < -0.39 is 0 Å². The Balaban J connectivity index is 2.15. The zero-order chi connectivity index (χ0) is 9.38. The number of benzene rings is 1. The zero-order valence-corrected chi connectivity index (χ0v) is 7.98. The molecule has 0 amide bonds. The predicted octanol–water partition coefficient (Wildman–Crippen LogP) is 2.43. The van der Waals surface area contributed by atoms with Crippen molar-refractivity contribution in [1.82, 2.24) is 0 Å². The summed E-state index contributed by atoms with van der Waals surface area (Å²) in [7, 11) is 0. The van der Waals surface area contributed by atoms with Gasteiger partial charge in [-0.05, 0) is 24.8 Å². The van der Waals surface area contributed by atoms with E-state index in [9.17, 15) is 0 Å². The molecule has 3 rings (SSSR count). The van der Waals surface area contributed by atoms with Gasteiger partial charge in [-0.15, -0.1) is 0 Å². The molecule has 1 heterocycles. The van der Waals surface area contributed by atoms with E-state index in [4.69, 9.17) is 0 Å². The monoisotopic (exact) mass is 184 g/mol. The van der Waals surface area contributed by atoms with Crippen molar-refractivity contribution in [2.24, 2.45) is 16.1 Å². The third-order valence-corrected chi connectivity index (χ3v) is 3.02. The average molecular weight is 184 g/mol. The minimum absolute atomic E-state index is 0.471. The predicted molar refractivity (Wildman–Crippen MR) is 57.9 cm³/mol. The van der Waals surface area contributed by atoms with Crippen molar-refractivity contribution in [2.75, 3.05) is 0 Å². The lowest BCUT2D eigenvalue weighted by Gasteiger charge is -2.07. The van der Waals surface area contributed by atoms with Crippen LogP contribution in [0.25, 0.3) is 0 Å². The quantitative estimate of drug-likeness (QED) is 0.591. The first-order valence-corrected chi connectivity index (χ1v) is 5.14. The Morgan fingerprint density at radius 2 is 2.14 bits per heavy atom. The number of fused-ring (bicyclic) bond motifs is 3. The second-order valence-corrected chi connectivity index (χ2v) is 3.91. The van der Waals surface area contributed by atoms with Crippen molar-refractivity contribution in [2.45, 2.75) is 19.3 Å². The summed E-state index contributed by atoms with van der Waals surface area (Å²) in [5.41, 5.74) is 3.92. The Morgan fingerprint density at radius 3 is 3.14 bits per heavy atom. The van der Waals surface area contributed by atoms with Gasteiger partial charge in [0.05, 0.1) is 5.71 Å². The molecule has 1 aliphatic heterocycles. The van der Waals surface area contributed by atoms with Crippen molar-refractivity contribution in [3.8, 4) is 0 Å². The van der Waals surface area contributed by atoms with Crippen molar-refractivity contribution >= 4 is 11.9 Å². The van der Waals surface area contributed by atoms with Crippen LogP contribution < -0.4 is 0 Å². The van der Waals surface area contributed by atoms with Gasteiger partial charge in [-0.3, -0.25) is 0 Å². The van der Waals surface area contributed by atoms with Gasteiger partial charge in [0.1, 0.15) is 0 Å². The number of nitrogens with zero attached hydrogens (tertiary/aromatic N) is 2. The van der Waals surface area contributed by atoms with Gasteiger partial charge >= 0.3 is 0 Å². The SMILES string of the molecule is C1=NN=C2c3ccccc3CCCC12. The Labute approximate surface area is 83.4 Å². The van der Waals surface area contributed by atoms with E-state index in [0.717, 1.165) is 0 Å². The molecule has 1 atom stereocenters. The first-order valence-electron chi connectivity index (χ1n) is 5.14. The highest BCUT2D eigenvalue weighted by atomic mass is 15.2. The van der Waals surface area contributed by atoms with Crippen molar-refractivity contribution in [3.63, 3.8) is 0 Å². The van der Waals surface area contributed by atoms with Crippen molar-refractivity contribution in [3.05, 3.63) is 35.4 Å². The molecule has 1 aromatic carbocycles. The zero-order valence-electron chi connectivity index (χ0n) is 7.98. The van der Waals surface area contributed by atoms with Gasteiger partial charge in [-0.1, -0.05) is 24.3 Å². The molecule has 0 fully saturated rings. The molecule has 70 valence electrons. The molecule has 1 aliphatic carbocycles. The first-order chi connectivity index (χ1) is 6.95. The summed E-state index contributed by atoms with van der Waals surface area (Å²) in [6.07, 6.45) is 5.60. The van der Waals surface area contributed by atoms with Crippen molar-refractivity contribution < 1.29 is 0 Å². The van der Waals surface area contributed by atoms with Gasteiger partial charge in [0.25, 0.3) is 0 Å². The summed E-state index contributed by atoms with van der Waals surface area (Å²) in [4.78, 5) is 0. The van der Waals surface area contributed by atoms with E-state index >= 15 is 0 Å². The van der Waals surface area contributed by atoms with E-state index in [0.29, 0.717) is 5.92 Å². The largest absolute Gasteiger partial charge is 0.163 e. The standard InChI is InChI=1S/C12H12N2/c1-2-7-11-9(4-1)5-3-6-10-8-13-14-12(10)11/h1-2,4,7-8,10H,3,5-6H2. The third kappa shape index (κ3) is 1.10. The van der Waals surface area contributed by atoms with E-state index in [2.05, 4.69) is 34.5 Å². The summed E-state index contributed by atoms with van der Waals surface area (Å²) in [6.45, 7) is 0. The normalized spacial score (nSPS) is 23.7. The third-order valence-electron chi connectivity index (χ3n) is 3.02. The maximum absolute atomic E-state index is 4.25. The Bertz CT molecular complexity index is 418. The summed E-state index contributed by atoms with van der Waals surface area (Å²) in [5, 5.41) is 8.28. The number of aryl methyl sites for hydroxylation is 1. The highest BCUT2D eigenvalue weighted by Crippen LogP contribution is 2.26. The number of rotatable bonds is 0. The lowest BCUT2D eigenvalue weighted by Crippen LogP contribution is -2.12. The molecule has 2 nitrogen and oxygen atoms in total. The molecule has 14 heavy (non-hydrogen) atoms. The second-order valence-electron chi connectivity index (χ2n) is 3.91. The van der Waals surface area contributed by atoms with Crippen LogP contribution in [0.4, 0.5) is 0 Å². The van der Waals surface area contributed by atoms with Crippen LogP contribution in [0.5, 0.6) is 0 Å². The molecule has 0 N–H and O–H groups in total. The summed E-state index contributed by atoms with van der Waals surface area (Å²) in [5.74, 6) is 0.471. The number of hydrogen-bond donors (Lipinski definition) is 0. The van der Waals surface area contributed by atoms with Gasteiger partial charge in [0.2, 0.25) is 0 Å². The molecule has 1 aromatic rings. The lowest BCUT2D eigenvalue weighted by molar-refractivity contribution is 0.726. The Kier molecular flexibility index (Phi) is 1.72. The van der Waals surface area contributed by atoms with Crippen LogP contribution in [0.15, 0.2) is 34.5 Å². The summed E-state index contributed by atoms with van der Waals surface area (Å²) < 4.78 is 0. The first kappa shape index (κ1) is 7.92. The van der Waals surface area contributed by atoms with Gasteiger partial charge in [-0.2, -0.15) is 10.2 Å². The van der Waals surface area contributed by atoms with Crippen LogP contribution in [0.1, 0.15) is 24.0 Å². The maximum atomic E-state index is 4.25. The van der Waals surface area contributed by atoms with Gasteiger partial charge in [0, 0.05) is 17.7 Å². The molecule has 0 bridgehead atoms. The molecule has 0 saturated carbocycles. The minimum atomic E-state index is 0.471. The summed E-state index contributed by atoms with van der Waals surface area (Å²) in [6, 6.07) is 8.57. The Morgan fingerprint density at radius 1 is 1.21 bits per heavy atom. The molecule has 2 aliphatic rings. The van der Waals surface area contributed by atoms with E-state index in [1.54, 1.807) is 0 Å². The van der Waals surface area contributed by atoms with Crippen LogP contribution in [0, 0.1) is 5.92 Å². The van der Waals surface area contributed by atoms with Gasteiger partial charge in [0.15, 0.2) is 0 Å². The second kappa shape index (κ2) is 3.05. The van der Waals surface area contributed by atoms with Crippen LogP contribution in [-0.4, -0.2) is 11.9 Å². The van der Waals surface area contributed by atoms with E-state index in [-0.39, 0.29) is 0 Å². The van der Waals surface area contributed by atoms with Crippen LogP contribution in [0.2, 0.25) is 0 Å². The van der Waals surface area contributed by atoms with Crippen LogP contribution >= 0.6 is 0 Å². The highest BCUT2D eigenvalue weighted by Gasteiger charge is 2.24. The molecule has 2 heteroatoms. The molecule has 0 aromatic heterocycles. The number of hydrogen-bond acceptors (Lipinski definition) is 2. The molecular weight excluding hydrogens is 172 g/mol. The van der Waals surface area contributed by atoms with Crippen LogP contribution in [0.3, 0.4) is 0 Å². The summed E-state index contributed by atoms with van der Waals surface area (Å²) >= 11 is 0. The molecule has 1 unspecified atom stereocenters. The lowest BCUT2D eigenvalue weighted by atomic mass is 9.96. The van der Waals surface area contributed by atoms with Crippen molar-refractivity contribution in [1.29, 1.82) is 0 Å². The Hall–Kier alpha value is -1.44. The smallest absolute Gasteiger partial charge is 0.0790 e.